The van der Waals surface area contributed by atoms with Crippen molar-refractivity contribution in [2.45, 2.75) is 12.3 Å². The van der Waals surface area contributed by atoms with Gasteiger partial charge in [-0.1, -0.05) is 11.8 Å². The monoisotopic (exact) mass is 531 g/mol. The number of carbonyl (C=O) groups is 1. The van der Waals surface area contributed by atoms with Gasteiger partial charge in [-0.2, -0.15) is 11.8 Å². The van der Waals surface area contributed by atoms with Crippen molar-refractivity contribution in [3.8, 4) is 23.0 Å². The molecule has 0 bridgehead atoms. The summed E-state index contributed by atoms with van der Waals surface area (Å²) in [4.78, 5) is 35.0. The van der Waals surface area contributed by atoms with Gasteiger partial charge in [0.05, 0.1) is 31.5 Å². The first-order chi connectivity index (χ1) is 18.4. The number of aromatic amines is 1. The number of aromatic nitrogens is 3. The molecule has 0 unspecified atom stereocenters. The number of nitrogens with one attached hydrogen (secondary N) is 2. The molecule has 10 heteroatoms. The number of pyridine rings is 2. The first-order valence-electron chi connectivity index (χ1n) is 11.9. The number of anilines is 2. The lowest BCUT2D eigenvalue weighted by Gasteiger charge is -2.26. The fraction of sp³-hybridized carbons (Fsp3) is 0.250. The summed E-state index contributed by atoms with van der Waals surface area (Å²) >= 11 is 1.57. The third kappa shape index (κ3) is 4.34. The standard InChI is InChI=1S/C28H26FN5O3S/c1-30-7-5-6-16-8-22(29)26(32-11-16)34-13-18-12-31-25-24(18)21(14-33(2)27(25)35)20-9-17(15-38-4)19(10-23(20)34)28(36)37-3/h8-12,14,30-31H,7,13,15H2,1-4H3. The number of benzene rings is 1. The molecule has 0 atom stereocenters. The van der Waals surface area contributed by atoms with E-state index in [1.807, 2.05) is 12.3 Å². The van der Waals surface area contributed by atoms with Crippen LogP contribution in [-0.2, 0) is 24.1 Å². The average molecular weight is 532 g/mol. The molecule has 3 aromatic heterocycles. The van der Waals surface area contributed by atoms with Crippen molar-refractivity contribution in [2.24, 2.45) is 7.05 Å². The van der Waals surface area contributed by atoms with Gasteiger partial charge in [0.1, 0.15) is 5.52 Å². The van der Waals surface area contributed by atoms with Crippen LogP contribution in [0.4, 0.5) is 15.9 Å². The van der Waals surface area contributed by atoms with Gasteiger partial charge in [-0.15, -0.1) is 0 Å². The van der Waals surface area contributed by atoms with Gasteiger partial charge >= 0.3 is 5.97 Å². The Kier molecular flexibility index (Phi) is 6.97. The van der Waals surface area contributed by atoms with E-state index in [9.17, 15) is 9.59 Å². The summed E-state index contributed by atoms with van der Waals surface area (Å²) in [6.45, 7) is 0.697. The number of nitrogens with zero attached hydrogens (tertiary/aromatic N) is 3. The molecule has 0 amide bonds. The summed E-state index contributed by atoms with van der Waals surface area (Å²) in [6, 6.07) is 5.03. The Labute approximate surface area is 223 Å². The minimum atomic E-state index is -0.548. The van der Waals surface area contributed by atoms with Crippen LogP contribution in [0.25, 0.3) is 22.0 Å². The maximum absolute atomic E-state index is 15.6. The molecule has 38 heavy (non-hydrogen) atoms. The molecule has 0 spiro atoms. The number of rotatable bonds is 5. The van der Waals surface area contributed by atoms with E-state index in [4.69, 9.17) is 4.74 Å². The Balaban J connectivity index is 1.80. The molecule has 0 fully saturated rings. The highest BCUT2D eigenvalue weighted by Gasteiger charge is 2.29. The van der Waals surface area contributed by atoms with E-state index in [-0.39, 0.29) is 17.9 Å². The van der Waals surface area contributed by atoms with Crippen LogP contribution < -0.4 is 15.8 Å². The molecule has 0 saturated heterocycles. The van der Waals surface area contributed by atoms with E-state index in [1.165, 1.54) is 23.9 Å². The highest BCUT2D eigenvalue weighted by Crippen LogP contribution is 2.45. The maximum Gasteiger partial charge on any atom is 0.338 e. The molecule has 0 saturated carbocycles. The lowest BCUT2D eigenvalue weighted by atomic mass is 9.96. The normalized spacial score (nSPS) is 12.1. The maximum atomic E-state index is 15.6. The minimum Gasteiger partial charge on any atom is -0.465 e. The van der Waals surface area contributed by atoms with E-state index in [1.54, 1.807) is 49.2 Å². The number of esters is 1. The number of methoxy groups -OCH3 is 1. The Morgan fingerprint density at radius 1 is 1.32 bits per heavy atom. The van der Waals surface area contributed by atoms with Gasteiger partial charge in [0.2, 0.25) is 0 Å². The van der Waals surface area contributed by atoms with Crippen molar-refractivity contribution in [3.63, 3.8) is 0 Å². The minimum absolute atomic E-state index is 0.0905. The van der Waals surface area contributed by atoms with Crippen LogP contribution in [0.2, 0.25) is 0 Å². The molecular weight excluding hydrogens is 505 g/mol. The highest BCUT2D eigenvalue weighted by molar-refractivity contribution is 7.97. The Morgan fingerprint density at radius 2 is 2.13 bits per heavy atom. The van der Waals surface area contributed by atoms with Crippen LogP contribution in [0.5, 0.6) is 0 Å². The van der Waals surface area contributed by atoms with Gasteiger partial charge in [-0.3, -0.25) is 4.79 Å². The number of hydrogen-bond acceptors (Lipinski definition) is 7. The fourth-order valence-electron chi connectivity index (χ4n) is 4.79. The molecule has 0 radical (unpaired) electrons. The summed E-state index contributed by atoms with van der Waals surface area (Å²) in [5.74, 6) is 5.44. The second-order valence-electron chi connectivity index (χ2n) is 8.92. The van der Waals surface area contributed by atoms with Crippen LogP contribution in [-0.4, -0.2) is 47.5 Å². The second-order valence-corrected chi connectivity index (χ2v) is 9.79. The number of halogens is 1. The zero-order valence-corrected chi connectivity index (χ0v) is 22.3. The number of thioether (sulfide) groups is 1. The summed E-state index contributed by atoms with van der Waals surface area (Å²) in [6.07, 6.45) is 7.04. The molecule has 1 aromatic carbocycles. The number of hydrogen-bond donors (Lipinski definition) is 2. The van der Waals surface area contributed by atoms with Gasteiger partial charge in [-0.05, 0) is 42.6 Å². The quantitative estimate of drug-likeness (QED) is 0.298. The summed E-state index contributed by atoms with van der Waals surface area (Å²) in [5, 5.41) is 3.70. The van der Waals surface area contributed by atoms with E-state index in [0.717, 1.165) is 27.6 Å². The van der Waals surface area contributed by atoms with Crippen LogP contribution in [0, 0.1) is 17.7 Å². The SMILES string of the molecule is CNCC#Cc1cnc(N2Cc3c[nH]c4c(=O)n(C)cc(c34)-c3cc(CSC)c(C(=O)OC)cc32)c(F)c1. The average Bonchev–Trinajstić information content (AvgIpc) is 3.28. The Morgan fingerprint density at radius 3 is 2.84 bits per heavy atom. The molecular formula is C28H26FN5O3S. The molecule has 2 N–H and O–H groups in total. The zero-order chi connectivity index (χ0) is 27.0. The first-order valence-corrected chi connectivity index (χ1v) is 13.3. The third-order valence-electron chi connectivity index (χ3n) is 6.50. The molecule has 4 heterocycles. The first kappa shape index (κ1) is 25.6. The van der Waals surface area contributed by atoms with E-state index in [0.29, 0.717) is 34.6 Å². The van der Waals surface area contributed by atoms with Gasteiger partial charge in [-0.25, -0.2) is 14.2 Å². The van der Waals surface area contributed by atoms with Crippen molar-refractivity contribution < 1.29 is 13.9 Å². The predicted octanol–water partition coefficient (Wildman–Crippen LogP) is 3.94. The molecule has 0 aliphatic carbocycles. The number of aryl methyl sites for hydroxylation is 1. The van der Waals surface area contributed by atoms with Crippen molar-refractivity contribution in [1.82, 2.24) is 19.9 Å². The van der Waals surface area contributed by atoms with E-state index < -0.39 is 11.8 Å². The van der Waals surface area contributed by atoms with Gasteiger partial charge in [0.25, 0.3) is 5.56 Å². The molecule has 8 nitrogen and oxygen atoms in total. The summed E-state index contributed by atoms with van der Waals surface area (Å²) < 4.78 is 22.2. The van der Waals surface area contributed by atoms with Crippen LogP contribution in [0.1, 0.15) is 27.0 Å². The third-order valence-corrected chi connectivity index (χ3v) is 7.10. The largest absolute Gasteiger partial charge is 0.465 e. The zero-order valence-electron chi connectivity index (χ0n) is 21.4. The number of fused-ring (bicyclic) bond motifs is 2. The van der Waals surface area contributed by atoms with Crippen molar-refractivity contribution in [1.29, 1.82) is 0 Å². The topological polar surface area (TPSA) is 92.3 Å². The molecule has 194 valence electrons. The fourth-order valence-corrected chi connectivity index (χ4v) is 5.34. The van der Waals surface area contributed by atoms with Gasteiger partial charge in [0.15, 0.2) is 11.6 Å². The smallest absolute Gasteiger partial charge is 0.338 e. The van der Waals surface area contributed by atoms with E-state index in [2.05, 4.69) is 27.1 Å². The van der Waals surface area contributed by atoms with Crippen molar-refractivity contribution in [2.75, 3.05) is 31.9 Å². The molecule has 1 aliphatic heterocycles. The number of H-pyrrole nitrogens is 1. The summed E-state index contributed by atoms with van der Waals surface area (Å²) in [5.41, 5.74) is 4.93. The molecule has 5 rings (SSSR count). The Bertz CT molecular complexity index is 1700. The van der Waals surface area contributed by atoms with Crippen LogP contribution in [0.3, 0.4) is 0 Å². The number of carbonyl (C=O) groups excluding carboxylic acids is 1. The summed E-state index contributed by atoms with van der Waals surface area (Å²) in [7, 11) is 4.82. The molecule has 4 aromatic rings. The highest BCUT2D eigenvalue weighted by atomic mass is 32.2. The van der Waals surface area contributed by atoms with Gasteiger partial charge in [0, 0.05) is 53.5 Å². The molecule has 1 aliphatic rings. The van der Waals surface area contributed by atoms with E-state index >= 15 is 4.39 Å². The van der Waals surface area contributed by atoms with Crippen molar-refractivity contribution in [3.05, 3.63) is 75.2 Å². The number of ether oxygens (including phenoxy) is 1. The van der Waals surface area contributed by atoms with Crippen molar-refractivity contribution >= 4 is 40.1 Å². The lowest BCUT2D eigenvalue weighted by Crippen LogP contribution is -2.20. The predicted molar refractivity (Wildman–Crippen MR) is 148 cm³/mol. The Hall–Kier alpha value is -4.07. The van der Waals surface area contributed by atoms with Crippen LogP contribution >= 0.6 is 11.8 Å². The van der Waals surface area contributed by atoms with Gasteiger partial charge < -0.3 is 24.5 Å². The van der Waals surface area contributed by atoms with Crippen LogP contribution in [0.15, 0.2) is 41.6 Å². The lowest BCUT2D eigenvalue weighted by molar-refractivity contribution is 0.0600. The second kappa shape index (κ2) is 10.4.